The molecule has 0 radical (unpaired) electrons. The van der Waals surface area contributed by atoms with Crippen LogP contribution < -0.4 is 10.5 Å². The normalized spacial score (nSPS) is 24.1. The molecule has 2 saturated heterocycles. The second-order valence-corrected chi connectivity index (χ2v) is 10.4. The van der Waals surface area contributed by atoms with Crippen LogP contribution in [0.4, 0.5) is 0 Å². The molecule has 2 aliphatic rings. The number of aryl methyl sites for hydroxylation is 2. The van der Waals surface area contributed by atoms with Crippen molar-refractivity contribution in [2.75, 3.05) is 13.7 Å². The molecule has 3 aromatic rings. The summed E-state index contributed by atoms with van der Waals surface area (Å²) in [6, 6.07) is 15.9. The van der Waals surface area contributed by atoms with Crippen LogP contribution >= 0.6 is 0 Å². The van der Waals surface area contributed by atoms with Gasteiger partial charge in [0.2, 0.25) is 5.82 Å². The second-order valence-electron chi connectivity index (χ2n) is 10.4. The lowest BCUT2D eigenvalue weighted by molar-refractivity contribution is -0.882. The number of ether oxygens (including phenoxy) is 3. The highest BCUT2D eigenvalue weighted by molar-refractivity contribution is 5.89. The van der Waals surface area contributed by atoms with Crippen LogP contribution in [0.5, 0.6) is 5.75 Å². The average molecular weight is 548 g/mol. The number of primary amides is 1. The van der Waals surface area contributed by atoms with Crippen LogP contribution in [0.15, 0.2) is 60.8 Å². The van der Waals surface area contributed by atoms with E-state index in [9.17, 15) is 14.4 Å². The number of carbonyl (C=O) groups excluding carboxylic acids is 3. The molecule has 0 aliphatic carbocycles. The van der Waals surface area contributed by atoms with Crippen LogP contribution in [-0.2, 0) is 38.5 Å². The number of nitrogens with zero attached hydrogens (tertiary/aromatic N) is 2. The van der Waals surface area contributed by atoms with E-state index in [1.807, 2.05) is 54.6 Å². The third-order valence-electron chi connectivity index (χ3n) is 7.96. The van der Waals surface area contributed by atoms with E-state index in [0.717, 1.165) is 29.8 Å². The SMILES string of the molecule is COc1ccc(CCCc2cnc(C(=O)[N+]3(C4CC(=O)OC4OCc4ccccc4)CCC[C@H]3C(N)=O)[nH]2)cc1. The maximum absolute atomic E-state index is 14.2. The molecule has 5 rings (SSSR count). The van der Waals surface area contributed by atoms with Crippen LogP contribution in [0.1, 0.15) is 53.1 Å². The van der Waals surface area contributed by atoms with Gasteiger partial charge in [0, 0.05) is 24.7 Å². The standard InChI is InChI=1S/C30H34N4O6/c1-38-23-14-12-20(13-15-23)9-5-10-22-18-32-28(33-22)29(37)34(16-6-11-24(34)27(31)36)25-17-26(35)40-30(25)39-19-21-7-3-2-4-8-21/h2-4,7-8,12-15,18,24-25,30H,5-6,9-11,16-17,19H2,1H3,(H2-,31,32,33,36,37)/p+1/t24-,25?,30?,34?/m0/s1. The molecule has 3 unspecified atom stereocenters. The summed E-state index contributed by atoms with van der Waals surface area (Å²) in [5, 5.41) is 0. The summed E-state index contributed by atoms with van der Waals surface area (Å²) >= 11 is 0. The monoisotopic (exact) mass is 547 g/mol. The molecule has 0 bridgehead atoms. The van der Waals surface area contributed by atoms with E-state index in [2.05, 4.69) is 9.97 Å². The van der Waals surface area contributed by atoms with E-state index < -0.39 is 30.3 Å². The number of imidazole rings is 1. The highest BCUT2D eigenvalue weighted by Gasteiger charge is 2.62. The number of H-pyrrole nitrogens is 1. The highest BCUT2D eigenvalue weighted by atomic mass is 16.7. The zero-order valence-corrected chi connectivity index (χ0v) is 22.6. The number of likely N-dealkylation sites (tertiary alicyclic amines) is 1. The summed E-state index contributed by atoms with van der Waals surface area (Å²) in [6.07, 6.45) is 4.06. The molecule has 40 heavy (non-hydrogen) atoms. The topological polar surface area (TPSA) is 134 Å². The Kier molecular flexibility index (Phi) is 8.27. The van der Waals surface area contributed by atoms with Crippen LogP contribution in [-0.4, -0.2) is 64.3 Å². The van der Waals surface area contributed by atoms with Gasteiger partial charge < -0.3 is 24.9 Å². The number of amides is 2. The van der Waals surface area contributed by atoms with E-state index in [4.69, 9.17) is 19.9 Å². The van der Waals surface area contributed by atoms with Crippen molar-refractivity contribution >= 4 is 17.8 Å². The molecule has 3 heterocycles. The van der Waals surface area contributed by atoms with Gasteiger partial charge in [0.25, 0.3) is 12.2 Å². The number of aromatic amines is 1. The molecule has 2 aliphatic heterocycles. The molecule has 2 amide bonds. The fraction of sp³-hybridized carbons (Fsp3) is 0.400. The number of carbonyl (C=O) groups is 3. The van der Waals surface area contributed by atoms with Crippen molar-refractivity contribution < 1.29 is 33.1 Å². The molecule has 210 valence electrons. The Morgan fingerprint density at radius 3 is 2.60 bits per heavy atom. The number of aromatic nitrogens is 2. The maximum Gasteiger partial charge on any atom is 0.382 e. The first-order chi connectivity index (χ1) is 19.4. The van der Waals surface area contributed by atoms with E-state index in [0.29, 0.717) is 25.8 Å². The van der Waals surface area contributed by atoms with Gasteiger partial charge in [-0.15, -0.1) is 0 Å². The van der Waals surface area contributed by atoms with E-state index >= 15 is 0 Å². The Labute approximate surface area is 233 Å². The minimum Gasteiger partial charge on any atom is -0.497 e. The lowest BCUT2D eigenvalue weighted by atomic mass is 10.0. The summed E-state index contributed by atoms with van der Waals surface area (Å²) in [6.45, 7) is 0.538. The quantitative estimate of drug-likeness (QED) is 0.278. The van der Waals surface area contributed by atoms with Crippen molar-refractivity contribution in [2.24, 2.45) is 5.73 Å². The van der Waals surface area contributed by atoms with Gasteiger partial charge in [-0.2, -0.15) is 0 Å². The second kappa shape index (κ2) is 12.0. The lowest BCUT2D eigenvalue weighted by Crippen LogP contribution is -2.67. The van der Waals surface area contributed by atoms with Crippen molar-refractivity contribution in [3.63, 3.8) is 0 Å². The predicted octanol–water partition coefficient (Wildman–Crippen LogP) is 3.06. The number of benzene rings is 2. The molecular formula is C30H35N4O6+. The Balaban J connectivity index is 1.34. The fourth-order valence-corrected chi connectivity index (χ4v) is 5.96. The number of esters is 1. The molecule has 10 nitrogen and oxygen atoms in total. The first-order valence-electron chi connectivity index (χ1n) is 13.6. The number of quaternary nitrogens is 1. The van der Waals surface area contributed by atoms with Crippen LogP contribution in [0, 0.1) is 0 Å². The molecule has 3 N–H and O–H groups in total. The molecule has 10 heteroatoms. The number of hydrogen-bond donors (Lipinski definition) is 2. The van der Waals surface area contributed by atoms with Crippen molar-refractivity contribution in [1.82, 2.24) is 9.97 Å². The largest absolute Gasteiger partial charge is 0.497 e. The van der Waals surface area contributed by atoms with Crippen LogP contribution in [0.25, 0.3) is 0 Å². The van der Waals surface area contributed by atoms with E-state index in [1.165, 1.54) is 5.56 Å². The number of nitrogens with two attached hydrogens (primary N) is 1. The van der Waals surface area contributed by atoms with Crippen LogP contribution in [0.3, 0.4) is 0 Å². The van der Waals surface area contributed by atoms with Gasteiger partial charge in [-0.25, -0.2) is 14.3 Å². The van der Waals surface area contributed by atoms with Crippen molar-refractivity contribution in [2.45, 2.75) is 63.5 Å². The minimum absolute atomic E-state index is 0.0512. The third-order valence-corrected chi connectivity index (χ3v) is 7.96. The number of cyclic esters (lactones) is 1. The Bertz CT molecular complexity index is 1340. The van der Waals surface area contributed by atoms with Gasteiger partial charge in [-0.1, -0.05) is 42.5 Å². The Morgan fingerprint density at radius 1 is 1.10 bits per heavy atom. The van der Waals surface area contributed by atoms with Gasteiger partial charge in [0.15, 0.2) is 12.1 Å². The molecule has 1 aromatic heterocycles. The number of nitrogens with one attached hydrogen (secondary N) is 1. The molecular weight excluding hydrogens is 512 g/mol. The van der Waals surface area contributed by atoms with E-state index in [1.54, 1.807) is 13.3 Å². The fourth-order valence-electron chi connectivity index (χ4n) is 5.96. The van der Waals surface area contributed by atoms with Gasteiger partial charge >= 0.3 is 11.9 Å². The number of methoxy groups -OCH3 is 1. The van der Waals surface area contributed by atoms with Gasteiger partial charge in [0.05, 0.1) is 20.3 Å². The summed E-state index contributed by atoms with van der Waals surface area (Å²) < 4.78 is 16.5. The third kappa shape index (κ3) is 5.64. The predicted molar refractivity (Wildman–Crippen MR) is 145 cm³/mol. The number of rotatable bonds is 11. The Morgan fingerprint density at radius 2 is 1.88 bits per heavy atom. The number of hydrogen-bond acceptors (Lipinski definition) is 7. The zero-order chi connectivity index (χ0) is 28.1. The molecule has 2 fully saturated rings. The van der Waals surface area contributed by atoms with Gasteiger partial charge in [-0.05, 0) is 42.5 Å². The van der Waals surface area contributed by atoms with Crippen LogP contribution in [0.2, 0.25) is 0 Å². The Hall–Kier alpha value is -4.02. The van der Waals surface area contributed by atoms with E-state index in [-0.39, 0.29) is 29.2 Å². The smallest absolute Gasteiger partial charge is 0.382 e. The summed E-state index contributed by atoms with van der Waals surface area (Å²) in [5.74, 6) is -0.468. The molecule has 2 aromatic carbocycles. The van der Waals surface area contributed by atoms with Crippen molar-refractivity contribution in [1.29, 1.82) is 0 Å². The average Bonchev–Trinajstić information content (AvgIpc) is 3.71. The summed E-state index contributed by atoms with van der Waals surface area (Å²) in [7, 11) is 1.64. The first kappa shape index (κ1) is 27.5. The summed E-state index contributed by atoms with van der Waals surface area (Å²) in [5.41, 5.74) is 8.75. The van der Waals surface area contributed by atoms with Crippen molar-refractivity contribution in [3.8, 4) is 5.75 Å². The minimum atomic E-state index is -0.990. The summed E-state index contributed by atoms with van der Waals surface area (Å²) in [4.78, 5) is 46.9. The maximum atomic E-state index is 14.2. The highest BCUT2D eigenvalue weighted by Crippen LogP contribution is 2.39. The molecule has 0 spiro atoms. The molecule has 0 saturated carbocycles. The zero-order valence-electron chi connectivity index (χ0n) is 22.6. The van der Waals surface area contributed by atoms with Crippen molar-refractivity contribution in [3.05, 3.63) is 83.4 Å². The lowest BCUT2D eigenvalue weighted by Gasteiger charge is -2.40. The first-order valence-corrected chi connectivity index (χ1v) is 13.6. The van der Waals surface area contributed by atoms with Gasteiger partial charge in [-0.3, -0.25) is 9.59 Å². The van der Waals surface area contributed by atoms with Gasteiger partial charge in [0.1, 0.15) is 12.2 Å². The molecule has 4 atom stereocenters.